The van der Waals surface area contributed by atoms with Crippen molar-refractivity contribution in [3.63, 3.8) is 0 Å². The van der Waals surface area contributed by atoms with Crippen molar-refractivity contribution in [1.82, 2.24) is 15.0 Å². The number of hydrogen-bond donors (Lipinski definition) is 1. The van der Waals surface area contributed by atoms with Gasteiger partial charge in [-0.15, -0.1) is 0 Å². The molecule has 2 fully saturated rings. The first-order chi connectivity index (χ1) is 10.7. The largest absolute Gasteiger partial charge is 0.383 e. The number of carbonyl (C=O) groups is 1. The second-order valence-corrected chi connectivity index (χ2v) is 5.77. The summed E-state index contributed by atoms with van der Waals surface area (Å²) >= 11 is 0. The third kappa shape index (κ3) is 2.18. The minimum absolute atomic E-state index is 0.0307. The Balaban J connectivity index is 1.39. The lowest BCUT2D eigenvalue weighted by Gasteiger charge is -2.37. The fourth-order valence-corrected chi connectivity index (χ4v) is 2.75. The number of aromatic nitrogens is 2. The van der Waals surface area contributed by atoms with Gasteiger partial charge in [0.15, 0.2) is 0 Å². The summed E-state index contributed by atoms with van der Waals surface area (Å²) in [6, 6.07) is 5.16. The van der Waals surface area contributed by atoms with Crippen LogP contribution in [0.1, 0.15) is 28.5 Å². The van der Waals surface area contributed by atoms with E-state index in [2.05, 4.69) is 15.0 Å². The second kappa shape index (κ2) is 5.01. The molecule has 4 rings (SSSR count). The number of anilines is 1. The molecule has 2 aromatic heterocycles. The quantitative estimate of drug-likeness (QED) is 0.907. The molecule has 0 saturated carbocycles. The number of amides is 1. The van der Waals surface area contributed by atoms with Gasteiger partial charge in [-0.2, -0.15) is 5.16 Å². The Morgan fingerprint density at radius 1 is 1.32 bits per heavy atom. The highest BCUT2D eigenvalue weighted by Gasteiger charge is 2.34. The van der Waals surface area contributed by atoms with Gasteiger partial charge in [0.25, 0.3) is 11.5 Å². The third-order valence-corrected chi connectivity index (χ3v) is 4.29. The molecule has 4 heterocycles. The zero-order valence-corrected chi connectivity index (χ0v) is 12.0. The van der Waals surface area contributed by atoms with E-state index in [0.29, 0.717) is 24.4 Å². The predicted octanol–water partition coefficient (Wildman–Crippen LogP) is 0.813. The summed E-state index contributed by atoms with van der Waals surface area (Å²) in [4.78, 5) is 31.7. The summed E-state index contributed by atoms with van der Waals surface area (Å²) in [7, 11) is 0. The highest BCUT2D eigenvalue weighted by Crippen LogP contribution is 2.27. The number of carbonyl (C=O) groups excluding carboxylic acids is 1. The molecule has 2 aliphatic heterocycles. The van der Waals surface area contributed by atoms with E-state index in [9.17, 15) is 9.59 Å². The van der Waals surface area contributed by atoms with Gasteiger partial charge in [0.05, 0.1) is 11.5 Å². The van der Waals surface area contributed by atoms with Crippen molar-refractivity contribution in [2.24, 2.45) is 0 Å². The van der Waals surface area contributed by atoms with Crippen LogP contribution >= 0.6 is 0 Å². The van der Waals surface area contributed by atoms with Crippen molar-refractivity contribution in [2.45, 2.75) is 12.3 Å². The van der Waals surface area contributed by atoms with Gasteiger partial charge in [-0.3, -0.25) is 9.59 Å². The summed E-state index contributed by atoms with van der Waals surface area (Å²) in [5, 5.41) is 2.27. The predicted molar refractivity (Wildman–Crippen MR) is 79.0 cm³/mol. The zero-order chi connectivity index (χ0) is 15.1. The number of likely N-dealkylation sites (tertiary alicyclic amines) is 1. The molecule has 1 N–H and O–H groups in total. The Morgan fingerprint density at radius 3 is 2.68 bits per heavy atom. The number of pyridine rings is 1. The molecule has 7 nitrogen and oxygen atoms in total. The molecule has 22 heavy (non-hydrogen) atoms. The monoisotopic (exact) mass is 300 g/mol. The van der Waals surface area contributed by atoms with Crippen LogP contribution in [0.25, 0.3) is 0 Å². The summed E-state index contributed by atoms with van der Waals surface area (Å²) < 4.78 is 5.07. The minimum atomic E-state index is -0.245. The van der Waals surface area contributed by atoms with E-state index in [1.165, 1.54) is 12.5 Å². The lowest BCUT2D eigenvalue weighted by molar-refractivity contribution is 0.0574. The summed E-state index contributed by atoms with van der Waals surface area (Å²) in [6.45, 7) is 3.20. The number of H-pyrrole nitrogens is 1. The Bertz CT molecular complexity index is 739. The van der Waals surface area contributed by atoms with Crippen molar-refractivity contribution in [3.8, 4) is 0 Å². The van der Waals surface area contributed by atoms with E-state index in [4.69, 9.17) is 4.52 Å². The van der Waals surface area contributed by atoms with Crippen molar-refractivity contribution in [3.05, 3.63) is 46.1 Å². The number of nitrogens with zero attached hydrogens (tertiary/aromatic N) is 3. The smallest absolute Gasteiger partial charge is 0.280 e. The van der Waals surface area contributed by atoms with Crippen LogP contribution in [0.15, 0.2) is 33.7 Å². The van der Waals surface area contributed by atoms with Crippen molar-refractivity contribution >= 4 is 11.7 Å². The lowest BCUT2D eigenvalue weighted by Crippen LogP contribution is -2.48. The summed E-state index contributed by atoms with van der Waals surface area (Å²) in [5.41, 5.74) is 0.351. The lowest BCUT2D eigenvalue weighted by atomic mass is 9.96. The van der Waals surface area contributed by atoms with Gasteiger partial charge in [-0.05, 0) is 18.6 Å². The van der Waals surface area contributed by atoms with E-state index >= 15 is 0 Å². The first kappa shape index (κ1) is 13.1. The van der Waals surface area contributed by atoms with E-state index in [-0.39, 0.29) is 17.4 Å². The molecule has 0 bridgehead atoms. The van der Waals surface area contributed by atoms with Gasteiger partial charge in [-0.25, -0.2) is 4.98 Å². The average molecular weight is 300 g/mol. The Kier molecular flexibility index (Phi) is 2.99. The van der Waals surface area contributed by atoms with Gasteiger partial charge in [-0.1, -0.05) is 0 Å². The SMILES string of the molecule is O=C(c1ccc(N2CCC2)nc1)N1CC(c2cc(=O)[nH]o2)C1. The maximum absolute atomic E-state index is 12.3. The van der Waals surface area contributed by atoms with Crippen LogP contribution in [0.5, 0.6) is 0 Å². The number of rotatable bonds is 3. The molecule has 2 saturated heterocycles. The second-order valence-electron chi connectivity index (χ2n) is 5.77. The van der Waals surface area contributed by atoms with E-state index < -0.39 is 0 Å². The number of aromatic amines is 1. The Morgan fingerprint density at radius 2 is 2.14 bits per heavy atom. The van der Waals surface area contributed by atoms with Gasteiger partial charge in [0, 0.05) is 38.4 Å². The van der Waals surface area contributed by atoms with E-state index in [1.807, 2.05) is 12.1 Å². The Labute approximate surface area is 126 Å². The molecule has 0 radical (unpaired) electrons. The van der Waals surface area contributed by atoms with Crippen LogP contribution in [0, 0.1) is 0 Å². The van der Waals surface area contributed by atoms with Gasteiger partial charge in [0.1, 0.15) is 11.6 Å². The Hall–Kier alpha value is -2.57. The first-order valence-corrected chi connectivity index (χ1v) is 7.39. The summed E-state index contributed by atoms with van der Waals surface area (Å²) in [5.74, 6) is 1.60. The molecule has 0 aromatic carbocycles. The van der Waals surface area contributed by atoms with Crippen LogP contribution in [-0.4, -0.2) is 47.1 Å². The number of hydrogen-bond acceptors (Lipinski definition) is 5. The fraction of sp³-hybridized carbons (Fsp3) is 0.400. The van der Waals surface area contributed by atoms with Gasteiger partial charge >= 0.3 is 0 Å². The van der Waals surface area contributed by atoms with Crippen molar-refractivity contribution < 1.29 is 9.32 Å². The van der Waals surface area contributed by atoms with Crippen LogP contribution in [0.3, 0.4) is 0 Å². The summed E-state index contributed by atoms with van der Waals surface area (Å²) in [6.07, 6.45) is 2.84. The van der Waals surface area contributed by atoms with E-state index in [0.717, 1.165) is 18.9 Å². The topological polar surface area (TPSA) is 82.4 Å². The van der Waals surface area contributed by atoms with Crippen LogP contribution < -0.4 is 10.5 Å². The standard InChI is InChI=1S/C15H16N4O3/c20-14-6-12(22-17-14)11-8-19(9-11)15(21)10-2-3-13(16-7-10)18-4-1-5-18/h2-3,6-7,11H,1,4-5,8-9H2,(H,17,20). The van der Waals surface area contributed by atoms with E-state index in [1.54, 1.807) is 11.1 Å². The van der Waals surface area contributed by atoms with Crippen LogP contribution in [0.2, 0.25) is 0 Å². The van der Waals surface area contributed by atoms with Gasteiger partial charge in [0.2, 0.25) is 0 Å². The molecule has 114 valence electrons. The zero-order valence-electron chi connectivity index (χ0n) is 12.0. The molecular formula is C15H16N4O3. The van der Waals surface area contributed by atoms with Gasteiger partial charge < -0.3 is 14.3 Å². The molecule has 1 amide bonds. The maximum Gasteiger partial charge on any atom is 0.280 e. The highest BCUT2D eigenvalue weighted by molar-refractivity contribution is 5.94. The molecule has 7 heteroatoms. The molecular weight excluding hydrogens is 284 g/mol. The molecule has 2 aliphatic rings. The number of nitrogens with one attached hydrogen (secondary N) is 1. The fourth-order valence-electron chi connectivity index (χ4n) is 2.75. The molecule has 0 unspecified atom stereocenters. The first-order valence-electron chi connectivity index (χ1n) is 7.39. The normalized spacial score (nSPS) is 18.0. The highest BCUT2D eigenvalue weighted by atomic mass is 16.5. The van der Waals surface area contributed by atoms with Crippen LogP contribution in [-0.2, 0) is 0 Å². The molecule has 0 atom stereocenters. The van der Waals surface area contributed by atoms with Crippen LogP contribution in [0.4, 0.5) is 5.82 Å². The minimum Gasteiger partial charge on any atom is -0.383 e. The maximum atomic E-state index is 12.3. The van der Waals surface area contributed by atoms with Crippen molar-refractivity contribution in [2.75, 3.05) is 31.1 Å². The molecule has 0 aliphatic carbocycles. The molecule has 0 spiro atoms. The molecule has 2 aromatic rings. The third-order valence-electron chi connectivity index (χ3n) is 4.29. The van der Waals surface area contributed by atoms with Crippen molar-refractivity contribution in [1.29, 1.82) is 0 Å². The average Bonchev–Trinajstić information content (AvgIpc) is 2.82.